The minimum atomic E-state index is 0.120. The quantitative estimate of drug-likeness (QED) is 0.828. The highest BCUT2D eigenvalue weighted by atomic mass is 32.2. The first-order valence-electron chi connectivity index (χ1n) is 8.23. The van der Waals surface area contributed by atoms with E-state index in [4.69, 9.17) is 0 Å². The van der Waals surface area contributed by atoms with Crippen LogP contribution in [0, 0.1) is 6.92 Å². The third-order valence-electron chi connectivity index (χ3n) is 4.32. The number of hydrogen-bond donors (Lipinski definition) is 2. The Balaban J connectivity index is 1.51. The van der Waals surface area contributed by atoms with Crippen LogP contribution in [-0.2, 0) is 11.2 Å². The third kappa shape index (κ3) is 3.42. The highest BCUT2D eigenvalue weighted by molar-refractivity contribution is 7.99. The van der Waals surface area contributed by atoms with Crippen LogP contribution in [0.15, 0.2) is 46.2 Å². The number of thioether (sulfide) groups is 2. The second-order valence-corrected chi connectivity index (χ2v) is 8.53. The SMILES string of the molecule is Cc1ccc2c(c1)NC(Cc1ccc3c(c1)NC(=O)CCS3)CS2. The van der Waals surface area contributed by atoms with E-state index in [1.165, 1.54) is 26.6 Å². The summed E-state index contributed by atoms with van der Waals surface area (Å²) in [6.45, 7) is 2.13. The Labute approximate surface area is 151 Å². The molecule has 1 unspecified atom stereocenters. The van der Waals surface area contributed by atoms with Gasteiger partial charge in [-0.2, -0.15) is 0 Å². The molecule has 0 radical (unpaired) electrons. The van der Waals surface area contributed by atoms with Crippen LogP contribution in [0.4, 0.5) is 11.4 Å². The van der Waals surface area contributed by atoms with Crippen molar-refractivity contribution in [2.75, 3.05) is 22.1 Å². The Bertz CT molecular complexity index is 791. The number of nitrogens with one attached hydrogen (secondary N) is 2. The lowest BCUT2D eigenvalue weighted by Crippen LogP contribution is -2.28. The number of carbonyl (C=O) groups is 1. The minimum Gasteiger partial charge on any atom is -0.380 e. The predicted octanol–water partition coefficient (Wildman–Crippen LogP) is 4.56. The van der Waals surface area contributed by atoms with Gasteiger partial charge in [-0.1, -0.05) is 12.1 Å². The number of hydrogen-bond acceptors (Lipinski definition) is 4. The molecule has 24 heavy (non-hydrogen) atoms. The molecule has 1 amide bonds. The van der Waals surface area contributed by atoms with Gasteiger partial charge in [0, 0.05) is 39.4 Å². The smallest absolute Gasteiger partial charge is 0.225 e. The Morgan fingerprint density at radius 3 is 2.83 bits per heavy atom. The standard InChI is InChI=1S/C19H20N2OS2/c1-12-2-4-18-15(8-12)20-14(11-24-18)9-13-3-5-17-16(10-13)21-19(22)6-7-23-17/h2-5,8,10,14,20H,6-7,9,11H2,1H3,(H,21,22). The maximum Gasteiger partial charge on any atom is 0.225 e. The molecule has 4 rings (SSSR count). The highest BCUT2D eigenvalue weighted by Crippen LogP contribution is 2.36. The fourth-order valence-corrected chi connectivity index (χ4v) is 5.08. The fourth-order valence-electron chi connectivity index (χ4n) is 3.12. The molecule has 2 aromatic rings. The number of fused-ring (bicyclic) bond motifs is 2. The Kier molecular flexibility index (Phi) is 4.46. The molecule has 2 N–H and O–H groups in total. The molecular formula is C19H20N2OS2. The third-order valence-corrected chi connectivity index (χ3v) is 6.63. The molecule has 0 bridgehead atoms. The molecule has 0 saturated carbocycles. The molecule has 3 nitrogen and oxygen atoms in total. The lowest BCUT2D eigenvalue weighted by molar-refractivity contribution is -0.115. The zero-order valence-corrected chi connectivity index (χ0v) is 15.2. The summed E-state index contributed by atoms with van der Waals surface area (Å²) in [4.78, 5) is 14.3. The average molecular weight is 357 g/mol. The molecular weight excluding hydrogens is 336 g/mol. The largest absolute Gasteiger partial charge is 0.380 e. The van der Waals surface area contributed by atoms with Crippen molar-refractivity contribution in [1.29, 1.82) is 0 Å². The number of rotatable bonds is 2. The van der Waals surface area contributed by atoms with Crippen molar-refractivity contribution in [1.82, 2.24) is 0 Å². The van der Waals surface area contributed by atoms with E-state index in [0.29, 0.717) is 12.5 Å². The first-order valence-corrected chi connectivity index (χ1v) is 10.2. The van der Waals surface area contributed by atoms with Gasteiger partial charge in [-0.3, -0.25) is 4.79 Å². The Hall–Kier alpha value is -1.59. The van der Waals surface area contributed by atoms with Gasteiger partial charge in [0.2, 0.25) is 5.91 Å². The van der Waals surface area contributed by atoms with Crippen molar-refractivity contribution in [3.05, 3.63) is 47.5 Å². The van der Waals surface area contributed by atoms with Gasteiger partial charge in [0.25, 0.3) is 0 Å². The van der Waals surface area contributed by atoms with Gasteiger partial charge >= 0.3 is 0 Å². The summed E-state index contributed by atoms with van der Waals surface area (Å²) < 4.78 is 0. The first-order chi connectivity index (χ1) is 11.7. The monoisotopic (exact) mass is 356 g/mol. The van der Waals surface area contributed by atoms with Crippen LogP contribution < -0.4 is 10.6 Å². The molecule has 0 aliphatic carbocycles. The first kappa shape index (κ1) is 15.9. The van der Waals surface area contributed by atoms with Crippen molar-refractivity contribution < 1.29 is 4.79 Å². The van der Waals surface area contributed by atoms with Crippen LogP contribution >= 0.6 is 23.5 Å². The maximum atomic E-state index is 11.8. The van der Waals surface area contributed by atoms with E-state index in [9.17, 15) is 4.79 Å². The van der Waals surface area contributed by atoms with Gasteiger partial charge in [-0.05, 0) is 48.7 Å². The summed E-state index contributed by atoms with van der Waals surface area (Å²) in [6, 6.07) is 13.5. The van der Waals surface area contributed by atoms with E-state index in [1.54, 1.807) is 11.8 Å². The van der Waals surface area contributed by atoms with E-state index in [1.807, 2.05) is 11.8 Å². The number of amides is 1. The van der Waals surface area contributed by atoms with Gasteiger partial charge in [-0.15, -0.1) is 23.5 Å². The summed E-state index contributed by atoms with van der Waals surface area (Å²) in [7, 11) is 0. The fraction of sp³-hybridized carbons (Fsp3) is 0.316. The summed E-state index contributed by atoms with van der Waals surface area (Å²) in [5, 5.41) is 6.71. The zero-order valence-electron chi connectivity index (χ0n) is 13.6. The van der Waals surface area contributed by atoms with Crippen LogP contribution in [-0.4, -0.2) is 23.5 Å². The Morgan fingerprint density at radius 1 is 1.08 bits per heavy atom. The molecule has 2 aromatic carbocycles. The number of anilines is 2. The lowest BCUT2D eigenvalue weighted by atomic mass is 10.1. The average Bonchev–Trinajstić information content (AvgIpc) is 2.74. The second-order valence-electron chi connectivity index (χ2n) is 6.33. The summed E-state index contributed by atoms with van der Waals surface area (Å²) in [5.41, 5.74) is 4.77. The molecule has 0 fully saturated rings. The van der Waals surface area contributed by atoms with Crippen molar-refractivity contribution in [2.24, 2.45) is 0 Å². The molecule has 2 aliphatic rings. The van der Waals surface area contributed by atoms with Crippen LogP contribution in [0.3, 0.4) is 0 Å². The number of aryl methyl sites for hydroxylation is 1. The summed E-state index contributed by atoms with van der Waals surface area (Å²) in [6.07, 6.45) is 1.56. The molecule has 124 valence electrons. The zero-order chi connectivity index (χ0) is 16.5. The van der Waals surface area contributed by atoms with Crippen molar-refractivity contribution in [3.8, 4) is 0 Å². The lowest BCUT2D eigenvalue weighted by Gasteiger charge is -2.27. The van der Waals surface area contributed by atoms with Crippen LogP contribution in [0.1, 0.15) is 17.5 Å². The summed E-state index contributed by atoms with van der Waals surface area (Å²) >= 11 is 3.68. The molecule has 1 atom stereocenters. The van der Waals surface area contributed by atoms with Crippen LogP contribution in [0.2, 0.25) is 0 Å². The minimum absolute atomic E-state index is 0.120. The van der Waals surface area contributed by atoms with E-state index in [0.717, 1.165) is 23.6 Å². The van der Waals surface area contributed by atoms with E-state index in [2.05, 4.69) is 54.0 Å². The van der Waals surface area contributed by atoms with Crippen molar-refractivity contribution in [2.45, 2.75) is 35.6 Å². The second kappa shape index (κ2) is 6.73. The Morgan fingerprint density at radius 2 is 1.92 bits per heavy atom. The van der Waals surface area contributed by atoms with E-state index < -0.39 is 0 Å². The normalized spacial score (nSPS) is 19.5. The van der Waals surface area contributed by atoms with Crippen LogP contribution in [0.5, 0.6) is 0 Å². The topological polar surface area (TPSA) is 41.1 Å². The van der Waals surface area contributed by atoms with Gasteiger partial charge in [0.05, 0.1) is 5.69 Å². The van der Waals surface area contributed by atoms with Gasteiger partial charge < -0.3 is 10.6 Å². The molecule has 0 aromatic heterocycles. The molecule has 0 saturated heterocycles. The van der Waals surface area contributed by atoms with Gasteiger partial charge in [-0.25, -0.2) is 0 Å². The van der Waals surface area contributed by atoms with Gasteiger partial charge in [0.1, 0.15) is 0 Å². The molecule has 5 heteroatoms. The molecule has 0 spiro atoms. The van der Waals surface area contributed by atoms with E-state index in [-0.39, 0.29) is 5.91 Å². The predicted molar refractivity (Wildman–Crippen MR) is 103 cm³/mol. The van der Waals surface area contributed by atoms with Crippen LogP contribution in [0.25, 0.3) is 0 Å². The van der Waals surface area contributed by atoms with E-state index >= 15 is 0 Å². The highest BCUT2D eigenvalue weighted by Gasteiger charge is 2.20. The summed E-state index contributed by atoms with van der Waals surface area (Å²) in [5.74, 6) is 2.04. The number of carbonyl (C=O) groups excluding carboxylic acids is 1. The van der Waals surface area contributed by atoms with Crippen molar-refractivity contribution >= 4 is 40.8 Å². The molecule has 2 aliphatic heterocycles. The maximum absolute atomic E-state index is 11.8. The molecule has 2 heterocycles. The van der Waals surface area contributed by atoms with Crippen molar-refractivity contribution in [3.63, 3.8) is 0 Å². The van der Waals surface area contributed by atoms with Gasteiger partial charge in [0.15, 0.2) is 0 Å². The number of benzene rings is 2.